The van der Waals surface area contributed by atoms with Gasteiger partial charge < -0.3 is 18.7 Å². The lowest BCUT2D eigenvalue weighted by Gasteiger charge is -2.28. The highest BCUT2D eigenvalue weighted by molar-refractivity contribution is 7.52. The minimum atomic E-state index is -4.21. The molecule has 2 aliphatic heterocycles. The Hall–Kier alpha value is -3.83. The first kappa shape index (κ1) is 32.1. The van der Waals surface area contributed by atoms with Crippen molar-refractivity contribution in [3.05, 3.63) is 78.5 Å². The molecule has 4 rings (SSSR count). The average Bonchev–Trinajstić information content (AvgIpc) is 3.35. The Kier molecular flexibility index (Phi) is 10.9. The number of ketones is 1. The fourth-order valence-corrected chi connectivity index (χ4v) is 5.89. The van der Waals surface area contributed by atoms with Crippen molar-refractivity contribution in [2.75, 3.05) is 6.61 Å². The first-order valence-electron chi connectivity index (χ1n) is 13.9. The number of nitrogens with one attached hydrogen (secondary N) is 1. The Morgan fingerprint density at radius 1 is 1.05 bits per heavy atom. The van der Waals surface area contributed by atoms with Crippen molar-refractivity contribution in [3.8, 4) is 5.75 Å². The number of amides is 1. The number of allylic oxidation sites excluding steroid dienone is 1. The molecule has 0 bridgehead atoms. The van der Waals surface area contributed by atoms with Crippen LogP contribution in [0.2, 0.25) is 0 Å². The Morgan fingerprint density at radius 2 is 1.72 bits per heavy atom. The van der Waals surface area contributed by atoms with Gasteiger partial charge in [-0.3, -0.25) is 23.8 Å². The van der Waals surface area contributed by atoms with Gasteiger partial charge in [0.1, 0.15) is 24.6 Å². The van der Waals surface area contributed by atoms with E-state index in [2.05, 4.69) is 5.09 Å². The number of benzene rings is 2. The van der Waals surface area contributed by atoms with Crippen molar-refractivity contribution in [2.45, 2.75) is 64.7 Å². The highest BCUT2D eigenvalue weighted by Gasteiger charge is 2.41. The van der Waals surface area contributed by atoms with E-state index in [9.17, 15) is 23.7 Å². The molecule has 230 valence electrons. The number of ether oxygens (including phenoxy) is 3. The van der Waals surface area contributed by atoms with Crippen LogP contribution in [0.3, 0.4) is 0 Å². The highest BCUT2D eigenvalue weighted by atomic mass is 31.2. The second-order valence-corrected chi connectivity index (χ2v) is 12.0. The highest BCUT2D eigenvalue weighted by Crippen LogP contribution is 2.46. The number of hydrogen-bond acceptors (Lipinski definition) is 10. The second-order valence-electron chi connectivity index (χ2n) is 10.3. The maximum absolute atomic E-state index is 13.9. The molecule has 2 aromatic carbocycles. The summed E-state index contributed by atoms with van der Waals surface area (Å²) in [7, 11) is -4.21. The average molecular weight is 615 g/mol. The van der Waals surface area contributed by atoms with Crippen molar-refractivity contribution in [1.29, 1.82) is 0 Å². The Balaban J connectivity index is 1.36. The van der Waals surface area contributed by atoms with E-state index in [0.29, 0.717) is 6.42 Å². The maximum atomic E-state index is 13.9. The number of esters is 2. The van der Waals surface area contributed by atoms with Gasteiger partial charge in [-0.2, -0.15) is 5.09 Å². The molecule has 1 unspecified atom stereocenters. The SMILES string of the molecule is C[C@H](NP(=O)(OC[C@H]1O[C@@H](N2C=CC(=O)CC2=O)C[C@@H]1C)Oc1ccccc1)C(=O)O[C@@H](C)C(=O)OCc1ccccc1. The number of hydrogen-bond donors (Lipinski definition) is 1. The molecule has 0 radical (unpaired) electrons. The molecule has 1 fully saturated rings. The van der Waals surface area contributed by atoms with E-state index < -0.39 is 44.2 Å². The van der Waals surface area contributed by atoms with Gasteiger partial charge in [0, 0.05) is 6.20 Å². The van der Waals surface area contributed by atoms with Crippen molar-refractivity contribution >= 4 is 31.4 Å². The van der Waals surface area contributed by atoms with Gasteiger partial charge in [0.2, 0.25) is 5.91 Å². The third kappa shape index (κ3) is 9.08. The van der Waals surface area contributed by atoms with Gasteiger partial charge in [-0.15, -0.1) is 0 Å². The summed E-state index contributed by atoms with van der Waals surface area (Å²) in [6.45, 7) is 4.50. The molecule has 2 aromatic rings. The Labute approximate surface area is 249 Å². The molecule has 6 atom stereocenters. The molecular formula is C30H35N2O10P. The number of nitrogens with zero attached hydrogens (tertiary/aromatic N) is 1. The topological polar surface area (TPSA) is 147 Å². The minimum absolute atomic E-state index is 0.0200. The third-order valence-electron chi connectivity index (χ3n) is 6.82. The summed E-state index contributed by atoms with van der Waals surface area (Å²) in [5, 5.41) is 2.58. The van der Waals surface area contributed by atoms with Crippen LogP contribution in [0.4, 0.5) is 0 Å². The van der Waals surface area contributed by atoms with Crippen LogP contribution in [-0.2, 0) is 49.1 Å². The smallest absolute Gasteiger partial charge is 0.458 e. The van der Waals surface area contributed by atoms with Gasteiger partial charge in [-0.05, 0) is 50.0 Å². The van der Waals surface area contributed by atoms with Gasteiger partial charge in [0.25, 0.3) is 0 Å². The van der Waals surface area contributed by atoms with Crippen molar-refractivity contribution in [3.63, 3.8) is 0 Å². The van der Waals surface area contributed by atoms with Crippen LogP contribution in [0, 0.1) is 5.92 Å². The number of carbonyl (C=O) groups is 4. The number of rotatable bonds is 13. The number of para-hydroxylation sites is 1. The van der Waals surface area contributed by atoms with E-state index in [4.69, 9.17) is 23.3 Å². The molecule has 13 heteroatoms. The molecule has 2 heterocycles. The third-order valence-corrected chi connectivity index (χ3v) is 8.46. The zero-order valence-electron chi connectivity index (χ0n) is 24.1. The van der Waals surface area contributed by atoms with Gasteiger partial charge in [-0.25, -0.2) is 9.36 Å². The lowest BCUT2D eigenvalue weighted by Crippen LogP contribution is -2.40. The summed E-state index contributed by atoms with van der Waals surface area (Å²) in [5.74, 6) is -2.12. The van der Waals surface area contributed by atoms with Crippen LogP contribution in [0.5, 0.6) is 5.75 Å². The molecule has 0 aliphatic carbocycles. The van der Waals surface area contributed by atoms with E-state index in [1.54, 1.807) is 42.5 Å². The minimum Gasteiger partial charge on any atom is -0.458 e. The lowest BCUT2D eigenvalue weighted by molar-refractivity contribution is -0.168. The van der Waals surface area contributed by atoms with Crippen LogP contribution >= 0.6 is 7.75 Å². The van der Waals surface area contributed by atoms with E-state index >= 15 is 0 Å². The van der Waals surface area contributed by atoms with Crippen molar-refractivity contribution < 1.29 is 47.0 Å². The Bertz CT molecular complexity index is 1370. The summed E-state index contributed by atoms with van der Waals surface area (Å²) < 4.78 is 41.8. The molecule has 0 aromatic heterocycles. The van der Waals surface area contributed by atoms with E-state index in [0.717, 1.165) is 5.56 Å². The molecule has 1 N–H and O–H groups in total. The molecule has 2 aliphatic rings. The first-order chi connectivity index (χ1) is 20.5. The standard InChI is InChI=1S/C30H35N2O10P/c1-20-16-28(32-15-14-24(33)17-27(32)34)41-26(20)19-39-43(37,42-25-12-8-5-9-13-25)31-21(2)29(35)40-22(3)30(36)38-18-23-10-6-4-7-11-23/h4-15,20-22,26,28H,16-19H2,1-3H3,(H,31,37)/t20-,21-,22-,26+,28+,43?/m0/s1. The summed E-state index contributed by atoms with van der Waals surface area (Å²) in [6, 6.07) is 16.1. The summed E-state index contributed by atoms with van der Waals surface area (Å²) >= 11 is 0. The zero-order valence-corrected chi connectivity index (χ0v) is 25.0. The predicted molar refractivity (Wildman–Crippen MR) is 153 cm³/mol. The molecule has 43 heavy (non-hydrogen) atoms. The quantitative estimate of drug-likeness (QED) is 0.199. The maximum Gasteiger partial charge on any atom is 0.459 e. The molecule has 0 spiro atoms. The fraction of sp³-hybridized carbons (Fsp3) is 0.400. The van der Waals surface area contributed by atoms with Crippen LogP contribution < -0.4 is 9.61 Å². The summed E-state index contributed by atoms with van der Waals surface area (Å²) in [5.41, 5.74) is 0.779. The van der Waals surface area contributed by atoms with Crippen LogP contribution in [0.25, 0.3) is 0 Å². The monoisotopic (exact) mass is 614 g/mol. The molecule has 1 amide bonds. The van der Waals surface area contributed by atoms with Gasteiger partial charge in [0.05, 0.1) is 19.1 Å². The molecular weight excluding hydrogens is 579 g/mol. The van der Waals surface area contributed by atoms with Gasteiger partial charge in [-0.1, -0.05) is 55.5 Å². The van der Waals surface area contributed by atoms with Crippen LogP contribution in [-0.4, -0.2) is 59.6 Å². The van der Waals surface area contributed by atoms with E-state index in [-0.39, 0.29) is 43.0 Å². The molecule has 12 nitrogen and oxygen atoms in total. The fourth-order valence-electron chi connectivity index (χ4n) is 4.39. The second kappa shape index (κ2) is 14.6. The zero-order chi connectivity index (χ0) is 31.0. The summed E-state index contributed by atoms with van der Waals surface area (Å²) in [4.78, 5) is 50.4. The van der Waals surface area contributed by atoms with Crippen LogP contribution in [0.1, 0.15) is 39.2 Å². The van der Waals surface area contributed by atoms with Gasteiger partial charge in [0.15, 0.2) is 11.9 Å². The van der Waals surface area contributed by atoms with Crippen molar-refractivity contribution in [2.24, 2.45) is 5.92 Å². The number of carbonyl (C=O) groups excluding carboxylic acids is 4. The Morgan fingerprint density at radius 3 is 2.40 bits per heavy atom. The van der Waals surface area contributed by atoms with Crippen LogP contribution in [0.15, 0.2) is 72.9 Å². The lowest BCUT2D eigenvalue weighted by atomic mass is 10.0. The molecule has 0 saturated carbocycles. The van der Waals surface area contributed by atoms with E-state index in [1.807, 2.05) is 25.1 Å². The largest absolute Gasteiger partial charge is 0.459 e. The molecule has 1 saturated heterocycles. The van der Waals surface area contributed by atoms with E-state index in [1.165, 1.54) is 31.0 Å². The normalized spacial score (nSPS) is 22.9. The van der Waals surface area contributed by atoms with Crippen molar-refractivity contribution in [1.82, 2.24) is 9.99 Å². The first-order valence-corrected chi connectivity index (χ1v) is 15.4. The predicted octanol–water partition coefficient (Wildman–Crippen LogP) is 3.91. The summed E-state index contributed by atoms with van der Waals surface area (Å²) in [6.07, 6.45) is 0.576. The van der Waals surface area contributed by atoms with Gasteiger partial charge >= 0.3 is 19.7 Å².